The first-order valence-electron chi connectivity index (χ1n) is 5.26. The molecule has 0 aliphatic heterocycles. The predicted molar refractivity (Wildman–Crippen MR) is 59.3 cm³/mol. The maximum absolute atomic E-state index is 13.5. The summed E-state index contributed by atoms with van der Waals surface area (Å²) in [6.45, 7) is 3.42. The summed E-state index contributed by atoms with van der Waals surface area (Å²) in [6.07, 6.45) is 0.866. The summed E-state index contributed by atoms with van der Waals surface area (Å²) in [5, 5.41) is 3.26. The minimum absolute atomic E-state index is 0.0707. The minimum Gasteiger partial charge on any atom is -0.383 e. The molecule has 1 aromatic rings. The number of hydrogen-bond donors (Lipinski definition) is 1. The summed E-state index contributed by atoms with van der Waals surface area (Å²) in [4.78, 5) is 0. The second-order valence-electron chi connectivity index (χ2n) is 3.43. The van der Waals surface area contributed by atoms with Crippen molar-refractivity contribution in [3.8, 4) is 0 Å². The molecule has 3 heteroatoms. The Labute approximate surface area is 90.4 Å². The second-order valence-corrected chi connectivity index (χ2v) is 3.43. The number of hydrogen-bond acceptors (Lipinski definition) is 2. The van der Waals surface area contributed by atoms with Gasteiger partial charge in [-0.3, -0.25) is 0 Å². The zero-order chi connectivity index (χ0) is 11.1. The van der Waals surface area contributed by atoms with Crippen molar-refractivity contribution in [3.05, 3.63) is 35.6 Å². The van der Waals surface area contributed by atoms with E-state index in [0.29, 0.717) is 6.61 Å². The largest absolute Gasteiger partial charge is 0.383 e. The van der Waals surface area contributed by atoms with Gasteiger partial charge < -0.3 is 10.1 Å². The van der Waals surface area contributed by atoms with Crippen LogP contribution in [0.5, 0.6) is 0 Å². The molecule has 2 nitrogen and oxygen atoms in total. The van der Waals surface area contributed by atoms with Gasteiger partial charge in [0.15, 0.2) is 0 Å². The Hall–Kier alpha value is -0.930. The van der Waals surface area contributed by atoms with Gasteiger partial charge in [0.05, 0.1) is 6.61 Å². The van der Waals surface area contributed by atoms with Crippen molar-refractivity contribution in [1.29, 1.82) is 0 Å². The fraction of sp³-hybridized carbons (Fsp3) is 0.500. The van der Waals surface area contributed by atoms with E-state index in [4.69, 9.17) is 4.74 Å². The van der Waals surface area contributed by atoms with Crippen LogP contribution in [-0.4, -0.2) is 20.3 Å². The van der Waals surface area contributed by atoms with E-state index in [1.54, 1.807) is 13.2 Å². The molecule has 0 amide bonds. The van der Waals surface area contributed by atoms with Crippen LogP contribution in [0.3, 0.4) is 0 Å². The van der Waals surface area contributed by atoms with Crippen molar-refractivity contribution >= 4 is 0 Å². The number of halogens is 1. The first kappa shape index (κ1) is 12.1. The lowest BCUT2D eigenvalue weighted by molar-refractivity contribution is 0.195. The first-order chi connectivity index (χ1) is 7.29. The molecule has 1 aromatic carbocycles. The predicted octanol–water partition coefficient (Wildman–Crippen LogP) is 2.51. The van der Waals surface area contributed by atoms with Crippen molar-refractivity contribution < 1.29 is 9.13 Å². The normalized spacial score (nSPS) is 12.7. The smallest absolute Gasteiger partial charge is 0.127 e. The summed E-state index contributed by atoms with van der Waals surface area (Å²) in [5.74, 6) is -0.144. The number of methoxy groups -OCH3 is 1. The lowest BCUT2D eigenvalue weighted by Gasteiger charge is -2.17. The van der Waals surface area contributed by atoms with E-state index in [0.717, 1.165) is 18.5 Å². The van der Waals surface area contributed by atoms with E-state index in [-0.39, 0.29) is 11.9 Å². The van der Waals surface area contributed by atoms with E-state index in [9.17, 15) is 4.39 Å². The quantitative estimate of drug-likeness (QED) is 0.730. The molecule has 0 aromatic heterocycles. The zero-order valence-electron chi connectivity index (χ0n) is 9.29. The van der Waals surface area contributed by atoms with Gasteiger partial charge in [-0.15, -0.1) is 0 Å². The highest BCUT2D eigenvalue weighted by atomic mass is 19.1. The number of ether oxygens (including phenoxy) is 1. The van der Waals surface area contributed by atoms with Gasteiger partial charge in [-0.25, -0.2) is 4.39 Å². The molecule has 0 spiro atoms. The minimum atomic E-state index is -0.144. The molecule has 0 fully saturated rings. The Balaban J connectivity index is 2.61. The topological polar surface area (TPSA) is 21.3 Å². The molecule has 0 heterocycles. The van der Waals surface area contributed by atoms with Crippen LogP contribution in [0.15, 0.2) is 24.3 Å². The Morgan fingerprint density at radius 1 is 1.40 bits per heavy atom. The maximum Gasteiger partial charge on any atom is 0.127 e. The molecule has 0 aliphatic rings. The molecule has 0 unspecified atom stereocenters. The molecular weight excluding hydrogens is 193 g/mol. The highest BCUT2D eigenvalue weighted by Crippen LogP contribution is 2.19. The van der Waals surface area contributed by atoms with Crippen molar-refractivity contribution in [2.75, 3.05) is 20.3 Å². The highest BCUT2D eigenvalue weighted by Gasteiger charge is 2.11. The lowest BCUT2D eigenvalue weighted by atomic mass is 10.0. The average molecular weight is 211 g/mol. The van der Waals surface area contributed by atoms with E-state index >= 15 is 0 Å². The summed E-state index contributed by atoms with van der Waals surface area (Å²) in [7, 11) is 1.66. The fourth-order valence-corrected chi connectivity index (χ4v) is 1.57. The van der Waals surface area contributed by atoms with E-state index in [2.05, 4.69) is 5.32 Å². The van der Waals surface area contributed by atoms with Crippen molar-refractivity contribution in [2.24, 2.45) is 0 Å². The van der Waals surface area contributed by atoms with Gasteiger partial charge in [0.2, 0.25) is 0 Å². The molecule has 1 rings (SSSR count). The highest BCUT2D eigenvalue weighted by molar-refractivity contribution is 5.20. The monoisotopic (exact) mass is 211 g/mol. The third-order valence-electron chi connectivity index (χ3n) is 2.39. The Morgan fingerprint density at radius 2 is 2.13 bits per heavy atom. The summed E-state index contributed by atoms with van der Waals surface area (Å²) < 4.78 is 18.4. The van der Waals surface area contributed by atoms with Crippen molar-refractivity contribution in [3.63, 3.8) is 0 Å². The van der Waals surface area contributed by atoms with Gasteiger partial charge in [0, 0.05) is 25.3 Å². The van der Waals surface area contributed by atoms with Crippen LogP contribution in [-0.2, 0) is 4.74 Å². The molecule has 15 heavy (non-hydrogen) atoms. The molecule has 0 aliphatic carbocycles. The molecular formula is C12H18FNO. The van der Waals surface area contributed by atoms with Gasteiger partial charge in [-0.2, -0.15) is 0 Å². The zero-order valence-corrected chi connectivity index (χ0v) is 9.29. The molecule has 0 saturated heterocycles. The van der Waals surface area contributed by atoms with Crippen LogP contribution >= 0.6 is 0 Å². The van der Waals surface area contributed by atoms with Gasteiger partial charge in [0.1, 0.15) is 5.82 Å². The van der Waals surface area contributed by atoms with Gasteiger partial charge >= 0.3 is 0 Å². The third kappa shape index (κ3) is 3.61. The van der Waals surface area contributed by atoms with Crippen LogP contribution in [0, 0.1) is 5.82 Å². The van der Waals surface area contributed by atoms with Gasteiger partial charge in [-0.1, -0.05) is 25.1 Å². The van der Waals surface area contributed by atoms with E-state index in [1.165, 1.54) is 6.07 Å². The van der Waals surface area contributed by atoms with Crippen molar-refractivity contribution in [2.45, 2.75) is 19.4 Å². The van der Waals surface area contributed by atoms with Crippen LogP contribution in [0.4, 0.5) is 4.39 Å². The number of nitrogens with one attached hydrogen (secondary N) is 1. The Bertz CT molecular complexity index is 291. The van der Waals surface area contributed by atoms with Crippen LogP contribution < -0.4 is 5.32 Å². The molecule has 1 atom stereocenters. The Morgan fingerprint density at radius 3 is 2.73 bits per heavy atom. The maximum atomic E-state index is 13.5. The summed E-state index contributed by atoms with van der Waals surface area (Å²) in [6, 6.07) is 6.96. The standard InChI is InChI=1S/C12H18FNO/c1-3-12(14-8-9-15-2)10-6-4-5-7-11(10)13/h4-7,12,14H,3,8-9H2,1-2H3/t12-/m1/s1. The van der Waals surface area contributed by atoms with Crippen molar-refractivity contribution in [1.82, 2.24) is 5.32 Å². The number of benzene rings is 1. The van der Waals surface area contributed by atoms with Crippen LogP contribution in [0.1, 0.15) is 24.9 Å². The molecule has 1 N–H and O–H groups in total. The van der Waals surface area contributed by atoms with Gasteiger partial charge in [-0.05, 0) is 12.5 Å². The van der Waals surface area contributed by atoms with Crippen LogP contribution in [0.2, 0.25) is 0 Å². The molecule has 0 bridgehead atoms. The van der Waals surface area contributed by atoms with E-state index < -0.39 is 0 Å². The Kier molecular flexibility index (Phi) is 5.29. The summed E-state index contributed by atoms with van der Waals surface area (Å²) in [5.41, 5.74) is 0.733. The summed E-state index contributed by atoms with van der Waals surface area (Å²) >= 11 is 0. The van der Waals surface area contributed by atoms with E-state index in [1.807, 2.05) is 19.1 Å². The van der Waals surface area contributed by atoms with Gasteiger partial charge in [0.25, 0.3) is 0 Å². The second kappa shape index (κ2) is 6.53. The average Bonchev–Trinajstić information content (AvgIpc) is 2.26. The SMILES string of the molecule is CC[C@@H](NCCOC)c1ccccc1F. The molecule has 0 radical (unpaired) electrons. The first-order valence-corrected chi connectivity index (χ1v) is 5.26. The van der Waals surface area contributed by atoms with Crippen LogP contribution in [0.25, 0.3) is 0 Å². The number of rotatable bonds is 6. The lowest BCUT2D eigenvalue weighted by Crippen LogP contribution is -2.25. The molecule has 84 valence electrons. The fourth-order valence-electron chi connectivity index (χ4n) is 1.57. The third-order valence-corrected chi connectivity index (χ3v) is 2.39. The molecule has 0 saturated carbocycles.